The van der Waals surface area contributed by atoms with Crippen LogP contribution in [0.2, 0.25) is 0 Å². The number of hydrogen-bond donors (Lipinski definition) is 3. The number of aromatic hydroxyl groups is 1. The van der Waals surface area contributed by atoms with Gasteiger partial charge in [0, 0.05) is 37.6 Å². The van der Waals surface area contributed by atoms with Crippen molar-refractivity contribution in [1.82, 2.24) is 29.9 Å². The Hall–Kier alpha value is -8.04. The van der Waals surface area contributed by atoms with E-state index >= 15 is 0 Å². The van der Waals surface area contributed by atoms with Crippen molar-refractivity contribution in [2.45, 2.75) is 38.5 Å². The van der Waals surface area contributed by atoms with Crippen LogP contribution < -0.4 is 24.8 Å². The highest BCUT2D eigenvalue weighted by Crippen LogP contribution is 2.37. The summed E-state index contributed by atoms with van der Waals surface area (Å²) in [5, 5.41) is 16.0. The average Bonchev–Trinajstić information content (AvgIpc) is 3.32. The minimum atomic E-state index is -4.55. The molecule has 8 rings (SSSR count). The van der Waals surface area contributed by atoms with Gasteiger partial charge in [0.2, 0.25) is 11.8 Å². The van der Waals surface area contributed by atoms with Crippen molar-refractivity contribution in [2.24, 2.45) is 0 Å². The van der Waals surface area contributed by atoms with Gasteiger partial charge < -0.3 is 30.0 Å². The third-order valence-corrected chi connectivity index (χ3v) is 9.84. The van der Waals surface area contributed by atoms with Gasteiger partial charge in [-0.3, -0.25) is 0 Å². The predicted molar refractivity (Wildman–Crippen MR) is 232 cm³/mol. The summed E-state index contributed by atoms with van der Waals surface area (Å²) in [6, 6.07) is 16.6. The molecule has 0 fully saturated rings. The molecule has 4 aromatic carbocycles. The second-order valence-corrected chi connectivity index (χ2v) is 14.7. The lowest BCUT2D eigenvalue weighted by Crippen LogP contribution is -2.08. The van der Waals surface area contributed by atoms with Gasteiger partial charge in [-0.05, 0) is 91.1 Å². The molecule has 0 aliphatic rings. The molecule has 4 aromatic heterocycles. The van der Waals surface area contributed by atoms with Gasteiger partial charge in [0.05, 0.1) is 28.5 Å². The second-order valence-electron chi connectivity index (χ2n) is 14.7. The standard InChI is InChI=1S/C25H21F5N4O2.C22H15F5N4O2/c1-2-11-35-20-12-15(3-6-19(20)36-21-13-16(8-10-31-21)25(28,29)30)7-9-32-24-22-17(26)4-5-18(27)23(22)33-14-34-24;23-14-2-3-15(24)20-19(14)21(31-11-30-20)29-7-5-12-1-4-17(16(32)9-12)33-18-10-13(6-8-28-18)22(25,26)27/h3-6,8,10,12-14H,2,7,9,11H2,1H3,(H,32,33,34);1-4,6,8-11,32H,5,7H2,(H,29,30,31). The number of pyridine rings is 2. The van der Waals surface area contributed by atoms with Crippen LogP contribution in [0.4, 0.5) is 55.5 Å². The number of anilines is 2. The van der Waals surface area contributed by atoms with E-state index in [0.717, 1.165) is 79.1 Å². The van der Waals surface area contributed by atoms with Gasteiger partial charge in [-0.15, -0.1) is 0 Å². The lowest BCUT2D eigenvalue weighted by atomic mass is 10.1. The van der Waals surface area contributed by atoms with E-state index in [2.05, 4.69) is 40.5 Å². The number of benzene rings is 4. The summed E-state index contributed by atoms with van der Waals surface area (Å²) in [4.78, 5) is 23.1. The number of aromatic nitrogens is 6. The van der Waals surface area contributed by atoms with E-state index in [1.165, 1.54) is 12.1 Å². The lowest BCUT2D eigenvalue weighted by Gasteiger charge is -2.15. The molecular weight excluding hydrogens is 931 g/mol. The molecule has 0 radical (unpaired) electrons. The zero-order valence-corrected chi connectivity index (χ0v) is 35.8. The van der Waals surface area contributed by atoms with Crippen molar-refractivity contribution in [3.63, 3.8) is 0 Å². The molecule has 0 bridgehead atoms. The molecule has 0 aliphatic heterocycles. The third kappa shape index (κ3) is 12.3. The van der Waals surface area contributed by atoms with Crippen LogP contribution in [-0.4, -0.2) is 54.7 Å². The smallest absolute Gasteiger partial charge is 0.416 e. The van der Waals surface area contributed by atoms with E-state index in [1.54, 1.807) is 24.3 Å². The van der Waals surface area contributed by atoms with E-state index < -0.39 is 46.7 Å². The van der Waals surface area contributed by atoms with E-state index in [1.807, 2.05) is 6.92 Å². The molecule has 4 heterocycles. The number of hydrogen-bond acceptors (Lipinski definition) is 12. The van der Waals surface area contributed by atoms with Crippen molar-refractivity contribution in [2.75, 3.05) is 30.3 Å². The van der Waals surface area contributed by atoms with E-state index in [9.17, 15) is 49.0 Å². The molecule has 12 nitrogen and oxygen atoms in total. The average molecular weight is 967 g/mol. The first-order chi connectivity index (χ1) is 33.0. The fraction of sp³-hybridized carbons (Fsp3) is 0.191. The third-order valence-electron chi connectivity index (χ3n) is 9.84. The molecule has 8 aromatic rings. The van der Waals surface area contributed by atoms with Gasteiger partial charge in [-0.1, -0.05) is 19.1 Å². The van der Waals surface area contributed by atoms with Crippen LogP contribution in [0, 0.1) is 23.3 Å². The number of alkyl halides is 6. The Morgan fingerprint density at radius 3 is 1.46 bits per heavy atom. The number of phenols is 1. The van der Waals surface area contributed by atoms with Gasteiger partial charge in [-0.2, -0.15) is 26.3 Å². The molecule has 0 saturated carbocycles. The number of nitrogens with one attached hydrogen (secondary N) is 2. The summed E-state index contributed by atoms with van der Waals surface area (Å²) >= 11 is 0. The number of ether oxygens (including phenoxy) is 3. The number of fused-ring (bicyclic) bond motifs is 2. The van der Waals surface area contributed by atoms with Gasteiger partial charge in [0.15, 0.2) is 23.0 Å². The van der Waals surface area contributed by atoms with E-state index in [-0.39, 0.29) is 69.0 Å². The summed E-state index contributed by atoms with van der Waals surface area (Å²) in [5.74, 6) is -2.71. The molecule has 22 heteroatoms. The Bertz CT molecular complexity index is 3090. The minimum Gasteiger partial charge on any atom is -0.504 e. The maximum Gasteiger partial charge on any atom is 0.416 e. The van der Waals surface area contributed by atoms with Crippen LogP contribution in [0.3, 0.4) is 0 Å². The van der Waals surface area contributed by atoms with Gasteiger partial charge in [0.1, 0.15) is 58.6 Å². The molecule has 0 spiro atoms. The Morgan fingerprint density at radius 1 is 0.522 bits per heavy atom. The Morgan fingerprint density at radius 2 is 0.986 bits per heavy atom. The fourth-order valence-corrected chi connectivity index (χ4v) is 6.55. The maximum atomic E-state index is 14.3. The highest BCUT2D eigenvalue weighted by molar-refractivity contribution is 5.90. The number of nitrogens with zero attached hydrogens (tertiary/aromatic N) is 6. The van der Waals surface area contributed by atoms with Gasteiger partial charge >= 0.3 is 12.4 Å². The minimum absolute atomic E-state index is 0.0400. The maximum absolute atomic E-state index is 14.3. The van der Waals surface area contributed by atoms with E-state index in [4.69, 9.17) is 14.2 Å². The number of phenolic OH excluding ortho intramolecular Hbond substituents is 1. The Balaban J connectivity index is 0.000000205. The summed E-state index contributed by atoms with van der Waals surface area (Å²) in [6.45, 7) is 2.87. The van der Waals surface area contributed by atoms with Gasteiger partial charge in [-0.25, -0.2) is 47.5 Å². The van der Waals surface area contributed by atoms with E-state index in [0.29, 0.717) is 43.7 Å². The summed E-state index contributed by atoms with van der Waals surface area (Å²) in [7, 11) is 0. The monoisotopic (exact) mass is 966 g/mol. The SMILES string of the molecule is CCCOc1cc(CCNc2ncnc3c(F)ccc(F)c23)ccc1Oc1cc(C(F)(F)F)ccn1.Oc1cc(CCNc2ncnc3c(F)ccc(F)c23)ccc1Oc1cc(C(F)(F)F)ccn1. The van der Waals surface area contributed by atoms with Crippen LogP contribution in [-0.2, 0) is 25.2 Å². The molecule has 3 N–H and O–H groups in total. The fourth-order valence-electron chi connectivity index (χ4n) is 6.55. The van der Waals surface area contributed by atoms with Crippen LogP contribution in [0.25, 0.3) is 21.8 Å². The largest absolute Gasteiger partial charge is 0.504 e. The normalized spacial score (nSPS) is 11.5. The molecule has 69 heavy (non-hydrogen) atoms. The topological polar surface area (TPSA) is 149 Å². The first-order valence-electron chi connectivity index (χ1n) is 20.6. The lowest BCUT2D eigenvalue weighted by molar-refractivity contribution is -0.138. The summed E-state index contributed by atoms with van der Waals surface area (Å²) in [5.41, 5.74) is -0.609. The quantitative estimate of drug-likeness (QED) is 0.0840. The zero-order chi connectivity index (χ0) is 49.3. The Kier molecular flexibility index (Phi) is 15.1. The van der Waals surface area contributed by atoms with Crippen LogP contribution in [0.5, 0.6) is 34.8 Å². The van der Waals surface area contributed by atoms with Crippen LogP contribution in [0.1, 0.15) is 35.6 Å². The van der Waals surface area contributed by atoms with Gasteiger partial charge in [0.25, 0.3) is 0 Å². The highest BCUT2D eigenvalue weighted by atomic mass is 19.4. The zero-order valence-electron chi connectivity index (χ0n) is 35.8. The van der Waals surface area contributed by atoms with Crippen LogP contribution in [0.15, 0.2) is 110 Å². The second kappa shape index (κ2) is 21.3. The summed E-state index contributed by atoms with van der Waals surface area (Å²) in [6.07, 6.45) is -3.31. The first kappa shape index (κ1) is 48.9. The van der Waals surface area contributed by atoms with Crippen molar-refractivity contribution >= 4 is 33.4 Å². The molecule has 0 amide bonds. The molecular formula is C47H36F10N8O4. The number of halogens is 10. The van der Waals surface area contributed by atoms with Crippen molar-refractivity contribution < 1.29 is 63.2 Å². The molecule has 0 atom stereocenters. The highest BCUT2D eigenvalue weighted by Gasteiger charge is 2.32. The van der Waals surface area contributed by atoms with Crippen molar-refractivity contribution in [1.29, 1.82) is 0 Å². The van der Waals surface area contributed by atoms with Crippen molar-refractivity contribution in [3.8, 4) is 34.8 Å². The molecule has 0 unspecified atom stereocenters. The predicted octanol–water partition coefficient (Wildman–Crippen LogP) is 12.0. The van der Waals surface area contributed by atoms with Crippen LogP contribution >= 0.6 is 0 Å². The molecule has 0 saturated heterocycles. The number of rotatable bonds is 15. The summed E-state index contributed by atoms with van der Waals surface area (Å²) < 4.78 is 150. The van der Waals surface area contributed by atoms with Crippen molar-refractivity contribution in [3.05, 3.63) is 156 Å². The Labute approximate surface area is 385 Å². The first-order valence-corrected chi connectivity index (χ1v) is 20.6. The molecule has 0 aliphatic carbocycles. The molecule has 358 valence electrons.